The van der Waals surface area contributed by atoms with Gasteiger partial charge < -0.3 is 15.0 Å². The van der Waals surface area contributed by atoms with Gasteiger partial charge in [-0.15, -0.1) is 0 Å². The number of sulfonamides is 1. The van der Waals surface area contributed by atoms with E-state index in [2.05, 4.69) is 4.98 Å². The third-order valence-electron chi connectivity index (χ3n) is 4.23. The maximum Gasteiger partial charge on any atom is 0.262 e. The first-order valence-corrected chi connectivity index (χ1v) is 8.24. The standard InChI is InChI=1S/C12H20N4O3S/c1-15-6-12(14-8-15)20(17,18)16-4-10(11(13)5-16)9-2-3-19-7-9/h6,8-11H,2-5,7,13H2,1H3/t9-,10?,11?/m1/s1. The molecule has 0 aliphatic carbocycles. The molecule has 2 aliphatic rings. The van der Waals surface area contributed by atoms with Crippen LogP contribution in [0.5, 0.6) is 0 Å². The quantitative estimate of drug-likeness (QED) is 0.805. The van der Waals surface area contributed by atoms with E-state index in [0.29, 0.717) is 25.6 Å². The van der Waals surface area contributed by atoms with Crippen LogP contribution in [0.3, 0.4) is 0 Å². The zero-order valence-corrected chi connectivity index (χ0v) is 12.3. The Balaban J connectivity index is 1.78. The highest BCUT2D eigenvalue weighted by Gasteiger charge is 2.42. The zero-order valence-electron chi connectivity index (χ0n) is 11.5. The van der Waals surface area contributed by atoms with Gasteiger partial charge in [0.2, 0.25) is 0 Å². The second kappa shape index (κ2) is 5.10. The number of hydrogen-bond acceptors (Lipinski definition) is 5. The lowest BCUT2D eigenvalue weighted by atomic mass is 9.88. The Morgan fingerprint density at radius 2 is 2.25 bits per heavy atom. The summed E-state index contributed by atoms with van der Waals surface area (Å²) in [5.74, 6) is 0.546. The van der Waals surface area contributed by atoms with Gasteiger partial charge in [-0.2, -0.15) is 4.31 Å². The number of imidazole rings is 1. The first-order chi connectivity index (χ1) is 9.48. The molecule has 3 heterocycles. The van der Waals surface area contributed by atoms with Gasteiger partial charge in [-0.3, -0.25) is 0 Å². The van der Waals surface area contributed by atoms with Crippen LogP contribution in [-0.2, 0) is 21.8 Å². The van der Waals surface area contributed by atoms with Gasteiger partial charge in [-0.05, 0) is 18.3 Å². The van der Waals surface area contributed by atoms with Gasteiger partial charge in [0.05, 0.1) is 6.33 Å². The summed E-state index contributed by atoms with van der Waals surface area (Å²) in [5, 5.41) is 0.0931. The molecule has 0 spiro atoms. The summed E-state index contributed by atoms with van der Waals surface area (Å²) in [6, 6.07) is -0.125. The lowest BCUT2D eigenvalue weighted by Crippen LogP contribution is -2.34. The van der Waals surface area contributed by atoms with Crippen molar-refractivity contribution in [3.8, 4) is 0 Å². The van der Waals surface area contributed by atoms with Crippen LogP contribution in [-0.4, -0.2) is 54.6 Å². The number of nitrogens with two attached hydrogens (primary N) is 1. The normalized spacial score (nSPS) is 32.0. The lowest BCUT2D eigenvalue weighted by molar-refractivity contribution is 0.171. The smallest absolute Gasteiger partial charge is 0.262 e. The van der Waals surface area contributed by atoms with Crippen molar-refractivity contribution in [3.63, 3.8) is 0 Å². The lowest BCUT2D eigenvalue weighted by Gasteiger charge is -2.20. The fraction of sp³-hybridized carbons (Fsp3) is 0.750. The van der Waals surface area contributed by atoms with Crippen molar-refractivity contribution in [1.29, 1.82) is 0 Å². The summed E-state index contributed by atoms with van der Waals surface area (Å²) < 4.78 is 33.5. The molecule has 112 valence electrons. The van der Waals surface area contributed by atoms with Gasteiger partial charge in [0.15, 0.2) is 5.03 Å². The van der Waals surface area contributed by atoms with Crippen LogP contribution in [0.25, 0.3) is 0 Å². The first kappa shape index (κ1) is 14.0. The average Bonchev–Trinajstić information content (AvgIpc) is 3.08. The highest BCUT2D eigenvalue weighted by atomic mass is 32.2. The molecule has 1 aromatic rings. The summed E-state index contributed by atoms with van der Waals surface area (Å²) in [6.07, 6.45) is 3.98. The van der Waals surface area contributed by atoms with Crippen molar-refractivity contribution in [3.05, 3.63) is 12.5 Å². The molecule has 0 saturated carbocycles. The molecule has 0 aromatic carbocycles. The Kier molecular flexibility index (Phi) is 3.57. The van der Waals surface area contributed by atoms with E-state index >= 15 is 0 Å². The van der Waals surface area contributed by atoms with Crippen LogP contribution in [0.15, 0.2) is 17.6 Å². The minimum atomic E-state index is -3.53. The van der Waals surface area contributed by atoms with Crippen molar-refractivity contribution in [2.45, 2.75) is 17.5 Å². The summed E-state index contributed by atoms with van der Waals surface area (Å²) in [6.45, 7) is 2.27. The molecule has 0 radical (unpaired) electrons. The molecule has 3 atom stereocenters. The summed E-state index contributed by atoms with van der Waals surface area (Å²) in [7, 11) is -1.78. The van der Waals surface area contributed by atoms with Crippen molar-refractivity contribution >= 4 is 10.0 Å². The average molecular weight is 300 g/mol. The van der Waals surface area contributed by atoms with Gasteiger partial charge in [0, 0.05) is 45.6 Å². The molecule has 2 fully saturated rings. The number of hydrogen-bond donors (Lipinski definition) is 1. The maximum atomic E-state index is 12.5. The van der Waals surface area contributed by atoms with E-state index in [-0.39, 0.29) is 17.0 Å². The highest BCUT2D eigenvalue weighted by Crippen LogP contribution is 2.31. The number of nitrogens with zero attached hydrogens (tertiary/aromatic N) is 3. The van der Waals surface area contributed by atoms with Crippen LogP contribution in [0.4, 0.5) is 0 Å². The predicted octanol–water partition coefficient (Wildman–Crippen LogP) is -0.596. The van der Waals surface area contributed by atoms with Crippen LogP contribution in [0.1, 0.15) is 6.42 Å². The van der Waals surface area contributed by atoms with Crippen LogP contribution >= 0.6 is 0 Å². The SMILES string of the molecule is Cn1cnc(S(=O)(=O)N2CC(N)C([C@@H]3CCOC3)C2)c1. The molecule has 2 unspecified atom stereocenters. The fourth-order valence-electron chi connectivity index (χ4n) is 3.06. The molecule has 20 heavy (non-hydrogen) atoms. The van der Waals surface area contributed by atoms with Crippen molar-refractivity contribution in [2.75, 3.05) is 26.3 Å². The fourth-order valence-corrected chi connectivity index (χ4v) is 4.54. The number of aromatic nitrogens is 2. The third-order valence-corrected chi connectivity index (χ3v) is 5.95. The van der Waals surface area contributed by atoms with Gasteiger partial charge >= 0.3 is 0 Å². The second-order valence-corrected chi connectivity index (χ2v) is 7.54. The van der Waals surface area contributed by atoms with E-state index in [4.69, 9.17) is 10.5 Å². The van der Waals surface area contributed by atoms with E-state index in [1.165, 1.54) is 16.8 Å². The third kappa shape index (κ3) is 2.37. The molecular weight excluding hydrogens is 280 g/mol. The first-order valence-electron chi connectivity index (χ1n) is 6.80. The number of rotatable bonds is 3. The Hall–Kier alpha value is -0.960. The topological polar surface area (TPSA) is 90.5 Å². The Morgan fingerprint density at radius 1 is 1.45 bits per heavy atom. The zero-order chi connectivity index (χ0) is 14.3. The summed E-state index contributed by atoms with van der Waals surface area (Å²) in [4.78, 5) is 3.95. The Bertz CT molecular complexity index is 579. The monoisotopic (exact) mass is 300 g/mol. The minimum Gasteiger partial charge on any atom is -0.381 e. The van der Waals surface area contributed by atoms with E-state index in [1.807, 2.05) is 0 Å². The molecule has 2 saturated heterocycles. The molecule has 1 aromatic heterocycles. The van der Waals surface area contributed by atoms with Crippen molar-refractivity contribution in [2.24, 2.45) is 24.6 Å². The van der Waals surface area contributed by atoms with Gasteiger partial charge in [0.25, 0.3) is 10.0 Å². The number of ether oxygens (including phenoxy) is 1. The molecule has 3 rings (SSSR count). The molecule has 8 heteroatoms. The Labute approximate surface area is 118 Å². The van der Waals surface area contributed by atoms with Crippen LogP contribution < -0.4 is 5.73 Å². The Morgan fingerprint density at radius 3 is 2.85 bits per heavy atom. The van der Waals surface area contributed by atoms with E-state index in [9.17, 15) is 8.42 Å². The highest BCUT2D eigenvalue weighted by molar-refractivity contribution is 7.89. The van der Waals surface area contributed by atoms with Gasteiger partial charge in [-0.1, -0.05) is 0 Å². The minimum absolute atomic E-state index is 0.0931. The van der Waals surface area contributed by atoms with Gasteiger partial charge in [-0.25, -0.2) is 13.4 Å². The summed E-state index contributed by atoms with van der Waals surface area (Å²) >= 11 is 0. The molecule has 2 aliphatic heterocycles. The van der Waals surface area contributed by atoms with Crippen molar-refractivity contribution in [1.82, 2.24) is 13.9 Å². The van der Waals surface area contributed by atoms with E-state index < -0.39 is 10.0 Å². The van der Waals surface area contributed by atoms with Crippen LogP contribution in [0, 0.1) is 11.8 Å². The summed E-state index contributed by atoms with van der Waals surface area (Å²) in [5.41, 5.74) is 6.14. The maximum absolute atomic E-state index is 12.5. The molecule has 0 bridgehead atoms. The molecule has 2 N–H and O–H groups in total. The van der Waals surface area contributed by atoms with Gasteiger partial charge in [0.1, 0.15) is 0 Å². The van der Waals surface area contributed by atoms with Crippen molar-refractivity contribution < 1.29 is 13.2 Å². The second-order valence-electron chi connectivity index (χ2n) is 5.65. The number of aryl methyl sites for hydroxylation is 1. The molecule has 0 amide bonds. The van der Waals surface area contributed by atoms with E-state index in [1.54, 1.807) is 11.6 Å². The van der Waals surface area contributed by atoms with Crippen LogP contribution in [0.2, 0.25) is 0 Å². The largest absolute Gasteiger partial charge is 0.381 e. The molecular formula is C12H20N4O3S. The van der Waals surface area contributed by atoms with E-state index in [0.717, 1.165) is 13.0 Å². The molecule has 7 nitrogen and oxygen atoms in total. The predicted molar refractivity (Wildman–Crippen MR) is 72.4 cm³/mol.